The number of rotatable bonds is 2. The monoisotopic (exact) mass is 292 g/mol. The molecule has 7 nitrogen and oxygen atoms in total. The first-order valence-electron chi connectivity index (χ1n) is 6.66. The number of H-pyrrole nitrogens is 1. The van der Waals surface area contributed by atoms with E-state index in [2.05, 4.69) is 9.97 Å². The number of amides is 1. The van der Waals surface area contributed by atoms with Crippen LogP contribution in [0.5, 0.6) is 0 Å². The maximum absolute atomic E-state index is 11.9. The lowest BCUT2D eigenvalue weighted by molar-refractivity contribution is 0.0281. The number of hydrogen-bond acceptors (Lipinski definition) is 4. The smallest absolute Gasteiger partial charge is 0.410 e. The molecule has 0 bridgehead atoms. The second-order valence-electron chi connectivity index (χ2n) is 6.01. The van der Waals surface area contributed by atoms with Gasteiger partial charge in [0.15, 0.2) is 0 Å². The topological polar surface area (TPSA) is 80.2 Å². The SMILES string of the molecule is CN(Cc1nc2ccn(C)c(=O)c2[nH]1)C(=O)OC(C)(C)C. The van der Waals surface area contributed by atoms with Gasteiger partial charge >= 0.3 is 6.09 Å². The molecule has 0 saturated carbocycles. The summed E-state index contributed by atoms with van der Waals surface area (Å²) in [6.45, 7) is 5.67. The number of ether oxygens (including phenoxy) is 1. The highest BCUT2D eigenvalue weighted by atomic mass is 16.6. The van der Waals surface area contributed by atoms with Crippen LogP contribution in [0.1, 0.15) is 26.6 Å². The Bertz CT molecular complexity index is 724. The van der Waals surface area contributed by atoms with Gasteiger partial charge in [-0.3, -0.25) is 4.79 Å². The van der Waals surface area contributed by atoms with E-state index in [0.717, 1.165) is 0 Å². The van der Waals surface area contributed by atoms with Gasteiger partial charge in [-0.25, -0.2) is 9.78 Å². The molecule has 2 aromatic rings. The van der Waals surface area contributed by atoms with E-state index in [9.17, 15) is 9.59 Å². The van der Waals surface area contributed by atoms with Gasteiger partial charge in [0.2, 0.25) is 0 Å². The van der Waals surface area contributed by atoms with E-state index in [0.29, 0.717) is 16.9 Å². The zero-order valence-electron chi connectivity index (χ0n) is 12.9. The number of aromatic amines is 1. The van der Waals surface area contributed by atoms with Crippen LogP contribution in [0.15, 0.2) is 17.1 Å². The molecule has 1 amide bonds. The molecule has 0 aliphatic heterocycles. The molecule has 2 heterocycles. The molecule has 0 saturated heterocycles. The summed E-state index contributed by atoms with van der Waals surface area (Å²) in [7, 11) is 3.30. The van der Waals surface area contributed by atoms with Crippen molar-refractivity contribution in [2.75, 3.05) is 7.05 Å². The minimum Gasteiger partial charge on any atom is -0.444 e. The fourth-order valence-corrected chi connectivity index (χ4v) is 1.85. The maximum Gasteiger partial charge on any atom is 0.410 e. The summed E-state index contributed by atoms with van der Waals surface area (Å²) in [6, 6.07) is 1.75. The molecule has 21 heavy (non-hydrogen) atoms. The van der Waals surface area contributed by atoms with Crippen LogP contribution in [-0.4, -0.2) is 38.2 Å². The zero-order chi connectivity index (χ0) is 15.8. The van der Waals surface area contributed by atoms with Crippen LogP contribution in [0.3, 0.4) is 0 Å². The average Bonchev–Trinajstić information content (AvgIpc) is 2.75. The predicted molar refractivity (Wildman–Crippen MR) is 79.0 cm³/mol. The summed E-state index contributed by atoms with van der Waals surface area (Å²) in [5, 5.41) is 0. The highest BCUT2D eigenvalue weighted by molar-refractivity contribution is 5.74. The maximum atomic E-state index is 11.9. The molecule has 7 heteroatoms. The molecular weight excluding hydrogens is 272 g/mol. The van der Waals surface area contributed by atoms with Gasteiger partial charge in [0.05, 0.1) is 12.1 Å². The van der Waals surface area contributed by atoms with Crippen LogP contribution in [0.2, 0.25) is 0 Å². The van der Waals surface area contributed by atoms with Crippen molar-refractivity contribution in [3.63, 3.8) is 0 Å². The third-order valence-electron chi connectivity index (χ3n) is 2.86. The quantitative estimate of drug-likeness (QED) is 0.912. The van der Waals surface area contributed by atoms with Crippen LogP contribution < -0.4 is 5.56 Å². The van der Waals surface area contributed by atoms with Gasteiger partial charge in [-0.1, -0.05) is 0 Å². The molecule has 0 fully saturated rings. The molecular formula is C14H20N4O3. The molecule has 2 aromatic heterocycles. The van der Waals surface area contributed by atoms with E-state index in [-0.39, 0.29) is 12.1 Å². The summed E-state index contributed by atoms with van der Waals surface area (Å²) in [5.41, 5.74) is 0.333. The zero-order valence-corrected chi connectivity index (χ0v) is 12.9. The number of nitrogens with zero attached hydrogens (tertiary/aromatic N) is 3. The van der Waals surface area contributed by atoms with Gasteiger partial charge in [0.1, 0.15) is 16.9 Å². The number of carbonyl (C=O) groups excluding carboxylic acids is 1. The number of imidazole rings is 1. The van der Waals surface area contributed by atoms with Gasteiger partial charge in [-0.2, -0.15) is 0 Å². The highest BCUT2D eigenvalue weighted by Crippen LogP contribution is 2.12. The van der Waals surface area contributed by atoms with E-state index >= 15 is 0 Å². The largest absolute Gasteiger partial charge is 0.444 e. The fraction of sp³-hybridized carbons (Fsp3) is 0.500. The molecule has 0 atom stereocenters. The summed E-state index contributed by atoms with van der Waals surface area (Å²) < 4.78 is 6.74. The Morgan fingerprint density at radius 1 is 1.48 bits per heavy atom. The van der Waals surface area contributed by atoms with Crippen molar-refractivity contribution < 1.29 is 9.53 Å². The Labute approximate surface area is 122 Å². The minimum absolute atomic E-state index is 0.147. The number of aromatic nitrogens is 3. The molecule has 0 aromatic carbocycles. The molecule has 0 aliphatic carbocycles. The van der Waals surface area contributed by atoms with E-state index < -0.39 is 11.7 Å². The van der Waals surface area contributed by atoms with Crippen LogP contribution in [0.4, 0.5) is 4.79 Å². The Kier molecular flexibility index (Phi) is 3.76. The van der Waals surface area contributed by atoms with Gasteiger partial charge in [0, 0.05) is 20.3 Å². The lowest BCUT2D eigenvalue weighted by Crippen LogP contribution is -2.34. The van der Waals surface area contributed by atoms with Gasteiger partial charge in [0.25, 0.3) is 5.56 Å². The van der Waals surface area contributed by atoms with Gasteiger partial charge < -0.3 is 19.2 Å². The van der Waals surface area contributed by atoms with Crippen LogP contribution in [-0.2, 0) is 18.3 Å². The van der Waals surface area contributed by atoms with E-state index in [4.69, 9.17) is 4.74 Å². The lowest BCUT2D eigenvalue weighted by atomic mass is 10.2. The third kappa shape index (κ3) is 3.42. The van der Waals surface area contributed by atoms with Gasteiger partial charge in [-0.15, -0.1) is 0 Å². The van der Waals surface area contributed by atoms with Crippen molar-refractivity contribution in [2.24, 2.45) is 7.05 Å². The van der Waals surface area contributed by atoms with E-state index in [1.165, 1.54) is 9.47 Å². The number of nitrogens with one attached hydrogen (secondary N) is 1. The molecule has 2 rings (SSSR count). The van der Waals surface area contributed by atoms with Crippen molar-refractivity contribution in [2.45, 2.75) is 32.9 Å². The summed E-state index contributed by atoms with van der Waals surface area (Å²) in [4.78, 5) is 32.5. The predicted octanol–water partition coefficient (Wildman–Crippen LogP) is 1.63. The average molecular weight is 292 g/mol. The standard InChI is InChI=1S/C14H20N4O3/c1-14(2,3)21-13(20)18(5)8-10-15-9-6-7-17(4)12(19)11(9)16-10/h6-7H,8H2,1-5H3,(H,15,16). The second-order valence-corrected chi connectivity index (χ2v) is 6.01. The Morgan fingerprint density at radius 3 is 2.76 bits per heavy atom. The molecule has 1 N–H and O–H groups in total. The molecule has 0 radical (unpaired) electrons. The molecule has 0 spiro atoms. The third-order valence-corrected chi connectivity index (χ3v) is 2.86. The van der Waals surface area contributed by atoms with Crippen LogP contribution in [0, 0.1) is 0 Å². The Balaban J connectivity index is 2.18. The molecule has 0 unspecified atom stereocenters. The van der Waals surface area contributed by atoms with E-state index in [1.54, 1.807) is 26.4 Å². The summed E-state index contributed by atoms with van der Waals surface area (Å²) in [5.74, 6) is 0.543. The normalized spacial score (nSPS) is 11.7. The van der Waals surface area contributed by atoms with Crippen molar-refractivity contribution in [3.8, 4) is 0 Å². The number of aryl methyl sites for hydroxylation is 1. The number of fused-ring (bicyclic) bond motifs is 1. The second kappa shape index (κ2) is 5.23. The Morgan fingerprint density at radius 2 is 2.14 bits per heavy atom. The van der Waals surface area contributed by atoms with Crippen molar-refractivity contribution in [1.82, 2.24) is 19.4 Å². The fourth-order valence-electron chi connectivity index (χ4n) is 1.85. The van der Waals surface area contributed by atoms with Crippen molar-refractivity contribution in [1.29, 1.82) is 0 Å². The van der Waals surface area contributed by atoms with Crippen molar-refractivity contribution >= 4 is 17.1 Å². The molecule has 0 aliphatic rings. The first-order chi connectivity index (χ1) is 9.67. The van der Waals surface area contributed by atoms with E-state index in [1.807, 2.05) is 20.8 Å². The summed E-state index contributed by atoms with van der Waals surface area (Å²) >= 11 is 0. The number of carbonyl (C=O) groups is 1. The van der Waals surface area contributed by atoms with Crippen LogP contribution >= 0.6 is 0 Å². The first kappa shape index (κ1) is 15.1. The van der Waals surface area contributed by atoms with Gasteiger partial charge in [-0.05, 0) is 26.8 Å². The number of hydrogen-bond donors (Lipinski definition) is 1. The lowest BCUT2D eigenvalue weighted by Gasteiger charge is -2.24. The van der Waals surface area contributed by atoms with Crippen molar-refractivity contribution in [3.05, 3.63) is 28.4 Å². The minimum atomic E-state index is -0.546. The Hall–Kier alpha value is -2.31. The molecule has 114 valence electrons. The summed E-state index contributed by atoms with van der Waals surface area (Å²) in [6.07, 6.45) is 1.23. The first-order valence-corrected chi connectivity index (χ1v) is 6.66. The highest BCUT2D eigenvalue weighted by Gasteiger charge is 2.20. The number of pyridine rings is 1. The van der Waals surface area contributed by atoms with Crippen LogP contribution in [0.25, 0.3) is 11.0 Å².